The predicted octanol–water partition coefficient (Wildman–Crippen LogP) is 5.76. The summed E-state index contributed by atoms with van der Waals surface area (Å²) in [5, 5.41) is 5.32. The number of nitrogens with zero attached hydrogens (tertiary/aromatic N) is 2. The van der Waals surface area contributed by atoms with Crippen LogP contribution >= 0.6 is 23.1 Å². The smallest absolute Gasteiger partial charge is 0.412 e. The maximum atomic E-state index is 14.2. The molecule has 0 radical (unpaired) electrons. The second-order valence-electron chi connectivity index (χ2n) is 12.4. The predicted molar refractivity (Wildman–Crippen MR) is 189 cm³/mol. The first-order chi connectivity index (χ1) is 23.5. The summed E-state index contributed by atoms with van der Waals surface area (Å²) in [5.41, 5.74) is 8.46. The Labute approximate surface area is 291 Å². The zero-order chi connectivity index (χ0) is 34.7. The number of rotatable bonds is 9. The van der Waals surface area contributed by atoms with Gasteiger partial charge in [-0.05, 0) is 43.5 Å². The number of fused-ring (bicyclic) bond motifs is 1. The van der Waals surface area contributed by atoms with Gasteiger partial charge < -0.3 is 20.5 Å². The van der Waals surface area contributed by atoms with Crippen LogP contribution in [0.5, 0.6) is 0 Å². The van der Waals surface area contributed by atoms with Crippen molar-refractivity contribution in [2.24, 2.45) is 0 Å². The second-order valence-corrected chi connectivity index (χ2v) is 14.6. The summed E-state index contributed by atoms with van der Waals surface area (Å²) >= 11 is 2.64. The summed E-state index contributed by atoms with van der Waals surface area (Å²) in [6, 6.07) is 24.8. The third-order valence-corrected chi connectivity index (χ3v) is 9.90. The summed E-state index contributed by atoms with van der Waals surface area (Å²) in [6.45, 7) is 5.28. The van der Waals surface area contributed by atoms with Gasteiger partial charge in [-0.1, -0.05) is 90.2 Å². The van der Waals surface area contributed by atoms with Crippen molar-refractivity contribution in [3.63, 3.8) is 0 Å². The fraction of sp³-hybridized carbons (Fsp3) is 0.250. The highest BCUT2D eigenvalue weighted by atomic mass is 32.2. The lowest BCUT2D eigenvalue weighted by Crippen LogP contribution is -2.70. The van der Waals surface area contributed by atoms with Gasteiger partial charge in [0.25, 0.3) is 5.91 Å². The van der Waals surface area contributed by atoms with Crippen molar-refractivity contribution in [2.45, 2.75) is 50.3 Å². The number of esters is 1. The first kappa shape index (κ1) is 33.7. The number of para-hydroxylation sites is 1. The van der Waals surface area contributed by atoms with Crippen LogP contribution in [0.25, 0.3) is 5.57 Å². The molecule has 0 bridgehead atoms. The summed E-state index contributed by atoms with van der Waals surface area (Å²) in [6.07, 6.45) is 0.112. The third kappa shape index (κ3) is 7.63. The molecule has 4 aromatic rings. The van der Waals surface area contributed by atoms with Gasteiger partial charge in [0.2, 0.25) is 5.91 Å². The average Bonchev–Trinajstić information content (AvgIpc) is 3.52. The lowest BCUT2D eigenvalue weighted by atomic mass is 10.00. The van der Waals surface area contributed by atoms with Crippen LogP contribution in [0.15, 0.2) is 96.8 Å². The van der Waals surface area contributed by atoms with E-state index in [1.165, 1.54) is 28.0 Å². The van der Waals surface area contributed by atoms with Crippen LogP contribution in [0.1, 0.15) is 48.4 Å². The number of carbonyl (C=O) groups excluding carboxylic acids is 4. The van der Waals surface area contributed by atoms with Gasteiger partial charge in [-0.2, -0.15) is 0 Å². The number of thioether (sulfide) groups is 1. The highest BCUT2D eigenvalue weighted by Gasteiger charge is 2.55. The van der Waals surface area contributed by atoms with Crippen molar-refractivity contribution in [3.8, 4) is 0 Å². The van der Waals surface area contributed by atoms with E-state index in [-0.39, 0.29) is 12.1 Å². The van der Waals surface area contributed by atoms with Gasteiger partial charge in [0.05, 0.1) is 11.3 Å². The van der Waals surface area contributed by atoms with Crippen LogP contribution in [0.4, 0.5) is 15.6 Å². The van der Waals surface area contributed by atoms with Crippen molar-refractivity contribution < 1.29 is 28.7 Å². The molecular weight excluding hydrogens is 663 g/mol. The van der Waals surface area contributed by atoms with Crippen molar-refractivity contribution in [2.75, 3.05) is 16.8 Å². The van der Waals surface area contributed by atoms with Crippen LogP contribution in [-0.4, -0.2) is 56.5 Å². The number of thiazole rings is 1. The Bertz CT molecular complexity index is 1870. The largest absolute Gasteiger partial charge is 0.448 e. The molecule has 3 aromatic carbocycles. The summed E-state index contributed by atoms with van der Waals surface area (Å²) in [7, 11) is 0. The number of nitrogens with one attached hydrogen (secondary N) is 2. The number of hydrogen-bond donors (Lipinski definition) is 3. The number of hydrogen-bond acceptors (Lipinski definition) is 10. The number of benzene rings is 3. The Morgan fingerprint density at radius 2 is 1.61 bits per heavy atom. The van der Waals surface area contributed by atoms with E-state index in [4.69, 9.17) is 15.2 Å². The maximum absolute atomic E-state index is 14.2. The van der Waals surface area contributed by atoms with Gasteiger partial charge in [0, 0.05) is 23.2 Å². The van der Waals surface area contributed by atoms with E-state index in [1.807, 2.05) is 60.7 Å². The fourth-order valence-corrected chi connectivity index (χ4v) is 7.76. The van der Waals surface area contributed by atoms with Gasteiger partial charge in [-0.25, -0.2) is 14.6 Å². The zero-order valence-electron chi connectivity index (χ0n) is 27.0. The number of carbonyl (C=O) groups is 4. The van der Waals surface area contributed by atoms with Crippen LogP contribution in [0.2, 0.25) is 0 Å². The van der Waals surface area contributed by atoms with E-state index in [9.17, 15) is 19.2 Å². The van der Waals surface area contributed by atoms with Crippen molar-refractivity contribution in [1.29, 1.82) is 0 Å². The molecule has 3 amide bonds. The molecule has 49 heavy (non-hydrogen) atoms. The monoisotopic (exact) mass is 697 g/mol. The normalized spacial score (nSPS) is 17.2. The molecule has 0 aliphatic carbocycles. The number of nitrogen functional groups attached to an aromatic ring is 1. The topological polar surface area (TPSA) is 153 Å². The molecule has 2 aliphatic rings. The quantitative estimate of drug-likeness (QED) is 0.146. The van der Waals surface area contributed by atoms with Crippen molar-refractivity contribution in [3.05, 3.63) is 118 Å². The van der Waals surface area contributed by atoms with Crippen LogP contribution in [0.3, 0.4) is 0 Å². The highest BCUT2D eigenvalue weighted by molar-refractivity contribution is 8.00. The first-order valence-corrected chi connectivity index (χ1v) is 17.4. The highest BCUT2D eigenvalue weighted by Crippen LogP contribution is 2.45. The van der Waals surface area contributed by atoms with E-state index in [0.29, 0.717) is 32.6 Å². The maximum Gasteiger partial charge on any atom is 0.412 e. The number of β-lactam (4-membered cyclic amide) rings is 1. The number of aromatic nitrogens is 1. The minimum atomic E-state index is -0.876. The van der Waals surface area contributed by atoms with Gasteiger partial charge in [-0.15, -0.1) is 11.8 Å². The van der Waals surface area contributed by atoms with Crippen LogP contribution in [0, 0.1) is 0 Å². The number of amides is 3. The molecule has 252 valence electrons. The summed E-state index contributed by atoms with van der Waals surface area (Å²) < 4.78 is 11.6. The summed E-state index contributed by atoms with van der Waals surface area (Å²) in [4.78, 5) is 59.9. The van der Waals surface area contributed by atoms with E-state index >= 15 is 0 Å². The van der Waals surface area contributed by atoms with E-state index in [1.54, 1.807) is 51.2 Å². The van der Waals surface area contributed by atoms with Crippen molar-refractivity contribution >= 4 is 63.4 Å². The van der Waals surface area contributed by atoms with Crippen molar-refractivity contribution in [1.82, 2.24) is 15.2 Å². The lowest BCUT2D eigenvalue weighted by Gasteiger charge is -2.49. The van der Waals surface area contributed by atoms with E-state index in [2.05, 4.69) is 15.6 Å². The van der Waals surface area contributed by atoms with E-state index in [0.717, 1.165) is 11.1 Å². The standard InChI is InChI=1S/C36H35N5O6S2/c1-36(2,3)47-35(45)39-25-17-11-10-16-23(25)18-27(42)40-28-31(43)41-29(24(20-48-32(28)41)26-19-38-34(37)49-26)33(44)46-30(21-12-6-4-7-13-21)22-14-8-5-9-15-22/h4-17,19,28,30,32H,18,20H2,1-3H3,(H2,37,38)(H,39,45)(H,40,42). The minimum absolute atomic E-state index is 0.0981. The molecule has 2 atom stereocenters. The number of ether oxygens (including phenoxy) is 2. The second kappa shape index (κ2) is 14.1. The molecule has 0 saturated carbocycles. The molecule has 1 aromatic heterocycles. The van der Waals surface area contributed by atoms with Gasteiger partial charge in [-0.3, -0.25) is 19.8 Å². The van der Waals surface area contributed by atoms with E-state index < -0.39 is 47.0 Å². The molecule has 13 heteroatoms. The Balaban J connectivity index is 1.22. The minimum Gasteiger partial charge on any atom is -0.448 e. The molecule has 4 N–H and O–H groups in total. The molecule has 2 unspecified atom stereocenters. The van der Waals surface area contributed by atoms with Crippen LogP contribution < -0.4 is 16.4 Å². The molecule has 3 heterocycles. The number of anilines is 2. The molecule has 6 rings (SSSR count). The first-order valence-electron chi connectivity index (χ1n) is 15.6. The molecule has 1 fully saturated rings. The molecular formula is C36H35N5O6S2. The fourth-order valence-electron chi connectivity index (χ4n) is 5.58. The van der Waals surface area contributed by atoms with Crippen LogP contribution in [-0.2, 0) is 30.3 Å². The van der Waals surface area contributed by atoms with Gasteiger partial charge in [0.1, 0.15) is 22.7 Å². The number of nitrogens with two attached hydrogens (primary N) is 1. The van der Waals surface area contributed by atoms with Gasteiger partial charge >= 0.3 is 12.1 Å². The zero-order valence-corrected chi connectivity index (χ0v) is 28.7. The molecule has 11 nitrogen and oxygen atoms in total. The molecule has 2 aliphatic heterocycles. The molecule has 0 spiro atoms. The average molecular weight is 698 g/mol. The Morgan fingerprint density at radius 3 is 2.22 bits per heavy atom. The molecule has 1 saturated heterocycles. The summed E-state index contributed by atoms with van der Waals surface area (Å²) in [5.74, 6) is -1.18. The Morgan fingerprint density at radius 1 is 0.980 bits per heavy atom. The Kier molecular flexibility index (Phi) is 9.74. The van der Waals surface area contributed by atoms with Gasteiger partial charge in [0.15, 0.2) is 11.2 Å². The lowest BCUT2D eigenvalue weighted by molar-refractivity contribution is -0.154. The SMILES string of the molecule is CC(C)(C)OC(=O)Nc1ccccc1CC(=O)NC1C(=O)N2C(C(=O)OC(c3ccccc3)c3ccccc3)=C(c3cnc(N)s3)CSC12. The Hall–Kier alpha value is -5.14. The third-order valence-electron chi connectivity index (χ3n) is 7.73.